The first kappa shape index (κ1) is 51.7. The van der Waals surface area contributed by atoms with Crippen LogP contribution >= 0.6 is 0 Å². The van der Waals surface area contributed by atoms with E-state index in [0.717, 1.165) is 64.2 Å². The van der Waals surface area contributed by atoms with Crippen LogP contribution in [0, 0.1) is 0 Å². The van der Waals surface area contributed by atoms with Crippen LogP contribution in [0.1, 0.15) is 12.8 Å². The summed E-state index contributed by atoms with van der Waals surface area (Å²) in [5.74, 6) is 1.82. The number of nitrogens with one attached hydrogen (secondary N) is 4. The molecule has 0 fully saturated rings. The van der Waals surface area contributed by atoms with Crippen LogP contribution in [0.15, 0.2) is 308 Å². The summed E-state index contributed by atoms with van der Waals surface area (Å²) in [5, 5.41) is 26.2. The zero-order chi connectivity index (χ0) is 54.1. The van der Waals surface area contributed by atoms with Crippen molar-refractivity contribution in [1.82, 2.24) is 0 Å². The van der Waals surface area contributed by atoms with Crippen molar-refractivity contribution >= 4 is 99.9 Å². The summed E-state index contributed by atoms with van der Waals surface area (Å²) in [7, 11) is 1.67. The van der Waals surface area contributed by atoms with Gasteiger partial charge in [-0.15, -0.1) is 0 Å². The summed E-state index contributed by atoms with van der Waals surface area (Å²) in [5.41, 5.74) is 10.1. The number of rotatable bonds is 10. The van der Waals surface area contributed by atoms with Gasteiger partial charge in [-0.25, -0.2) is 4.99 Å². The van der Waals surface area contributed by atoms with E-state index in [9.17, 15) is 0 Å². The van der Waals surface area contributed by atoms with Crippen LogP contribution in [0.25, 0.3) is 65.0 Å². The number of hydrogen-bond acceptors (Lipinski definition) is 6. The fraction of sp³-hybridized carbons (Fsp3) is 0.0405. The van der Waals surface area contributed by atoms with E-state index < -0.39 is 0 Å². The minimum absolute atomic E-state index is 0.865. The van der Waals surface area contributed by atoms with Gasteiger partial charge in [-0.05, 0) is 181 Å². The number of aliphatic imine (C=N–C) groups is 1. The monoisotopic (exact) mass is 1040 g/mol. The minimum atomic E-state index is 0.865. The lowest BCUT2D eigenvalue weighted by Gasteiger charge is -2.10. The number of methoxy groups -OCH3 is 1. The number of fused-ring (bicyclic) bond motifs is 5. The number of allylic oxidation sites excluding steroid dienone is 1. The Bertz CT molecular complexity index is 4150. The van der Waals surface area contributed by atoms with Crippen LogP contribution in [0.5, 0.6) is 5.75 Å². The molecule has 14 rings (SSSR count). The second-order valence-electron chi connectivity index (χ2n) is 19.5. The maximum atomic E-state index is 5.15. The molecule has 0 aromatic heterocycles. The first-order valence-corrected chi connectivity index (χ1v) is 27.1. The lowest BCUT2D eigenvalue weighted by atomic mass is 10.1. The highest BCUT2D eigenvalue weighted by Crippen LogP contribution is 2.29. The molecule has 1 aliphatic heterocycles. The summed E-state index contributed by atoms with van der Waals surface area (Å²) in [6, 6.07) is 101. The number of nitrogens with zero attached hydrogens (tertiary/aromatic N) is 1. The van der Waals surface area contributed by atoms with Crippen molar-refractivity contribution in [2.45, 2.75) is 12.8 Å². The third kappa shape index (κ3) is 13.8. The lowest BCUT2D eigenvalue weighted by Crippen LogP contribution is -2.00. The summed E-state index contributed by atoms with van der Waals surface area (Å²) < 4.78 is 5.15. The van der Waals surface area contributed by atoms with Gasteiger partial charge in [-0.2, -0.15) is 0 Å². The van der Waals surface area contributed by atoms with Crippen molar-refractivity contribution in [2.24, 2.45) is 4.99 Å². The van der Waals surface area contributed by atoms with Crippen molar-refractivity contribution in [3.8, 4) is 16.9 Å². The van der Waals surface area contributed by atoms with Gasteiger partial charge in [-0.3, -0.25) is 0 Å². The van der Waals surface area contributed by atoms with E-state index in [4.69, 9.17) is 4.74 Å². The smallest absolute Gasteiger partial charge is 0.125 e. The minimum Gasteiger partial charge on any atom is -0.497 e. The van der Waals surface area contributed by atoms with Crippen molar-refractivity contribution in [2.75, 3.05) is 28.4 Å². The molecule has 1 aliphatic rings. The third-order valence-corrected chi connectivity index (χ3v) is 13.8. The molecule has 6 heteroatoms. The standard InChI is InChI=1S/C22H17N.C20H15N.C17H15NO.C15H14N2/c1-2-6-17(7-3-1)19-10-13-21(14-11-19)23-22-15-12-18-8-4-5-9-20(18)16-22;1-3-7-17-13-19(11-9-15(17)5-1)21-20-12-10-16-6-2-4-8-18(16)14-20;1-19-17-10-8-15(9-11-17)18-16-7-6-13-4-2-3-5-14(13)12-16;1-2-6-13-11-14(9-8-12(13)5-1)17-15-7-3-4-10-16-15/h1-16,23H;1-14,21H;2-12,18H,1H3;1-2,5-11,17H,3-4H2. The SMILES string of the molecule is C1=NC(Nc2ccc3ccccc3c2)=CCC1.COc1ccc(Nc2ccc3ccccc3c2)cc1.c1ccc(-c2ccc(Nc3ccc4ccccc4c3)cc2)cc1.c1ccc2cc(Nc3ccc4ccccc4c3)ccc2c1. The van der Waals surface area contributed by atoms with Crippen LogP contribution in [-0.4, -0.2) is 13.3 Å². The highest BCUT2D eigenvalue weighted by Gasteiger charge is 2.04. The molecule has 0 bridgehead atoms. The summed E-state index contributed by atoms with van der Waals surface area (Å²) in [6.07, 6.45) is 6.21. The molecule has 80 heavy (non-hydrogen) atoms. The van der Waals surface area contributed by atoms with E-state index in [2.05, 4.69) is 293 Å². The second-order valence-corrected chi connectivity index (χ2v) is 19.5. The molecule has 388 valence electrons. The Balaban J connectivity index is 0.000000113. The average Bonchev–Trinajstić information content (AvgIpc) is 3.52. The number of benzene rings is 13. The lowest BCUT2D eigenvalue weighted by molar-refractivity contribution is 0.415. The van der Waals surface area contributed by atoms with Gasteiger partial charge in [0.15, 0.2) is 0 Å². The fourth-order valence-corrected chi connectivity index (χ4v) is 9.63. The highest BCUT2D eigenvalue weighted by molar-refractivity contribution is 5.91. The summed E-state index contributed by atoms with van der Waals surface area (Å²) in [4.78, 5) is 4.33. The number of ether oxygens (including phenoxy) is 1. The molecular formula is C74H61N5O. The van der Waals surface area contributed by atoms with Crippen LogP contribution in [0.4, 0.5) is 39.8 Å². The maximum Gasteiger partial charge on any atom is 0.125 e. The summed E-state index contributed by atoms with van der Waals surface area (Å²) in [6.45, 7) is 0. The predicted molar refractivity (Wildman–Crippen MR) is 344 cm³/mol. The zero-order valence-electron chi connectivity index (χ0n) is 44.6. The second kappa shape index (κ2) is 25.6. The molecule has 6 nitrogen and oxygen atoms in total. The molecule has 4 N–H and O–H groups in total. The Kier molecular flexibility index (Phi) is 16.5. The molecular weight excluding hydrogens is 975 g/mol. The summed E-state index contributed by atoms with van der Waals surface area (Å²) >= 11 is 0. The first-order valence-electron chi connectivity index (χ1n) is 27.1. The molecule has 0 radical (unpaired) electrons. The fourth-order valence-electron chi connectivity index (χ4n) is 9.63. The van der Waals surface area contributed by atoms with Crippen LogP contribution in [-0.2, 0) is 0 Å². The normalized spacial score (nSPS) is 11.5. The molecule has 0 aliphatic carbocycles. The van der Waals surface area contributed by atoms with Crippen LogP contribution < -0.4 is 26.0 Å². The van der Waals surface area contributed by atoms with E-state index in [0.29, 0.717) is 0 Å². The molecule has 13 aromatic rings. The largest absolute Gasteiger partial charge is 0.497 e. The van der Waals surface area contributed by atoms with Gasteiger partial charge < -0.3 is 26.0 Å². The van der Waals surface area contributed by atoms with Gasteiger partial charge in [0.2, 0.25) is 0 Å². The van der Waals surface area contributed by atoms with Gasteiger partial charge in [0, 0.05) is 46.0 Å². The van der Waals surface area contributed by atoms with Crippen LogP contribution in [0.3, 0.4) is 0 Å². The molecule has 13 aromatic carbocycles. The first-order chi connectivity index (χ1) is 39.5. The third-order valence-electron chi connectivity index (χ3n) is 13.8. The molecule has 1 heterocycles. The van der Waals surface area contributed by atoms with E-state index in [1.807, 2.05) is 36.5 Å². The quantitative estimate of drug-likeness (QED) is 0.110. The Morgan fingerprint density at radius 2 is 0.575 bits per heavy atom. The maximum absolute atomic E-state index is 5.15. The van der Waals surface area contributed by atoms with Gasteiger partial charge in [0.05, 0.1) is 7.11 Å². The molecule has 0 spiro atoms. The zero-order valence-corrected chi connectivity index (χ0v) is 44.6. The topological polar surface area (TPSA) is 69.7 Å². The number of hydrogen-bond donors (Lipinski definition) is 4. The van der Waals surface area contributed by atoms with E-state index in [1.54, 1.807) is 7.11 Å². The van der Waals surface area contributed by atoms with E-state index in [1.165, 1.54) is 65.0 Å². The van der Waals surface area contributed by atoms with Crippen molar-refractivity contribution in [3.05, 3.63) is 303 Å². The number of anilines is 7. The van der Waals surface area contributed by atoms with Crippen molar-refractivity contribution in [3.63, 3.8) is 0 Å². The Hall–Kier alpha value is -10.4. The van der Waals surface area contributed by atoms with Gasteiger partial charge in [0.25, 0.3) is 0 Å². The molecule has 0 atom stereocenters. The highest BCUT2D eigenvalue weighted by atomic mass is 16.5. The Morgan fingerprint density at radius 3 is 0.925 bits per heavy atom. The Labute approximate surface area is 468 Å². The van der Waals surface area contributed by atoms with Crippen molar-refractivity contribution in [1.29, 1.82) is 0 Å². The average molecular weight is 1040 g/mol. The van der Waals surface area contributed by atoms with Gasteiger partial charge in [-0.1, -0.05) is 194 Å². The predicted octanol–water partition coefficient (Wildman–Crippen LogP) is 20.5. The molecule has 0 amide bonds. The van der Waals surface area contributed by atoms with E-state index >= 15 is 0 Å². The van der Waals surface area contributed by atoms with E-state index in [-0.39, 0.29) is 0 Å². The molecule has 0 saturated carbocycles. The van der Waals surface area contributed by atoms with Crippen molar-refractivity contribution < 1.29 is 4.74 Å². The van der Waals surface area contributed by atoms with Crippen LogP contribution in [0.2, 0.25) is 0 Å². The molecule has 0 unspecified atom stereocenters. The van der Waals surface area contributed by atoms with Gasteiger partial charge in [0.1, 0.15) is 11.6 Å². The van der Waals surface area contributed by atoms with Gasteiger partial charge >= 0.3 is 0 Å². The Morgan fingerprint density at radius 1 is 0.275 bits per heavy atom. The molecule has 0 saturated heterocycles.